The standard InChI is InChI=1S/C11H12ClNO4/c1-11(2,10(16)17)13-9(15)7-5-6(12)3-4-8(7)14/h3-5,14H,1-2H3,(H,13,15)(H,16,17). The van der Waals surface area contributed by atoms with Crippen LogP contribution >= 0.6 is 11.6 Å². The van der Waals surface area contributed by atoms with E-state index in [-0.39, 0.29) is 16.3 Å². The van der Waals surface area contributed by atoms with Gasteiger partial charge in [0, 0.05) is 5.02 Å². The Balaban J connectivity index is 2.98. The van der Waals surface area contributed by atoms with Crippen molar-refractivity contribution in [2.45, 2.75) is 19.4 Å². The normalized spacial score (nSPS) is 11.0. The van der Waals surface area contributed by atoms with Crippen LogP contribution in [0.3, 0.4) is 0 Å². The molecule has 0 aliphatic rings. The van der Waals surface area contributed by atoms with Crippen LogP contribution < -0.4 is 5.32 Å². The Morgan fingerprint density at radius 3 is 2.47 bits per heavy atom. The van der Waals surface area contributed by atoms with E-state index in [0.717, 1.165) is 0 Å². The van der Waals surface area contributed by atoms with E-state index in [2.05, 4.69) is 5.32 Å². The molecule has 0 heterocycles. The molecule has 92 valence electrons. The van der Waals surface area contributed by atoms with Gasteiger partial charge in [-0.2, -0.15) is 0 Å². The number of nitrogens with one attached hydrogen (secondary N) is 1. The molecule has 0 aliphatic heterocycles. The number of phenolic OH excluding ortho intramolecular Hbond substituents is 1. The maximum Gasteiger partial charge on any atom is 0.328 e. The summed E-state index contributed by atoms with van der Waals surface area (Å²) in [7, 11) is 0. The molecule has 0 aliphatic carbocycles. The predicted octanol–water partition coefficient (Wildman–Crippen LogP) is 1.64. The second-order valence-electron chi connectivity index (χ2n) is 4.05. The Morgan fingerprint density at radius 1 is 1.35 bits per heavy atom. The molecule has 17 heavy (non-hydrogen) atoms. The third kappa shape index (κ3) is 3.10. The molecule has 0 saturated heterocycles. The van der Waals surface area contributed by atoms with Crippen molar-refractivity contribution < 1.29 is 19.8 Å². The molecule has 1 aromatic carbocycles. The summed E-state index contributed by atoms with van der Waals surface area (Å²) in [6, 6.07) is 3.96. The van der Waals surface area contributed by atoms with E-state index < -0.39 is 17.4 Å². The number of hydrogen-bond acceptors (Lipinski definition) is 3. The lowest BCUT2D eigenvalue weighted by Crippen LogP contribution is -2.49. The average molecular weight is 258 g/mol. The van der Waals surface area contributed by atoms with Gasteiger partial charge < -0.3 is 15.5 Å². The van der Waals surface area contributed by atoms with Gasteiger partial charge in [0.05, 0.1) is 5.56 Å². The number of aliphatic carboxylic acids is 1. The largest absolute Gasteiger partial charge is 0.507 e. The zero-order chi connectivity index (χ0) is 13.2. The van der Waals surface area contributed by atoms with Gasteiger partial charge in [-0.3, -0.25) is 4.79 Å². The summed E-state index contributed by atoms with van der Waals surface area (Å²) in [5, 5.41) is 20.9. The van der Waals surface area contributed by atoms with Crippen LogP contribution in [-0.4, -0.2) is 27.6 Å². The van der Waals surface area contributed by atoms with Gasteiger partial charge in [-0.05, 0) is 32.0 Å². The van der Waals surface area contributed by atoms with Crippen LogP contribution in [-0.2, 0) is 4.79 Å². The molecule has 0 atom stereocenters. The van der Waals surface area contributed by atoms with E-state index in [4.69, 9.17) is 16.7 Å². The molecular weight excluding hydrogens is 246 g/mol. The van der Waals surface area contributed by atoms with E-state index in [9.17, 15) is 14.7 Å². The maximum atomic E-state index is 11.7. The van der Waals surface area contributed by atoms with E-state index in [1.807, 2.05) is 0 Å². The lowest BCUT2D eigenvalue weighted by atomic mass is 10.0. The summed E-state index contributed by atoms with van der Waals surface area (Å²) in [4.78, 5) is 22.6. The van der Waals surface area contributed by atoms with E-state index in [1.165, 1.54) is 32.0 Å². The maximum absolute atomic E-state index is 11.7. The Labute approximate surface area is 103 Å². The number of carboxylic acid groups (broad SMARTS) is 1. The van der Waals surface area contributed by atoms with Crippen molar-refractivity contribution in [2.75, 3.05) is 0 Å². The first-order valence-corrected chi connectivity index (χ1v) is 5.16. The van der Waals surface area contributed by atoms with E-state index in [0.29, 0.717) is 0 Å². The van der Waals surface area contributed by atoms with Crippen LogP contribution in [0.25, 0.3) is 0 Å². The predicted molar refractivity (Wildman–Crippen MR) is 62.3 cm³/mol. The number of amides is 1. The average Bonchev–Trinajstić information content (AvgIpc) is 2.20. The first-order chi connectivity index (χ1) is 7.74. The van der Waals surface area contributed by atoms with E-state index in [1.54, 1.807) is 0 Å². The number of hydrogen-bond donors (Lipinski definition) is 3. The monoisotopic (exact) mass is 257 g/mol. The molecule has 1 amide bonds. The van der Waals surface area contributed by atoms with E-state index >= 15 is 0 Å². The minimum Gasteiger partial charge on any atom is -0.507 e. The van der Waals surface area contributed by atoms with Crippen molar-refractivity contribution in [2.24, 2.45) is 0 Å². The highest BCUT2D eigenvalue weighted by molar-refractivity contribution is 6.31. The molecule has 0 unspecified atom stereocenters. The Morgan fingerprint density at radius 2 is 1.94 bits per heavy atom. The van der Waals surface area contributed by atoms with Gasteiger partial charge in [0.1, 0.15) is 11.3 Å². The van der Waals surface area contributed by atoms with Crippen LogP contribution in [0.1, 0.15) is 24.2 Å². The Bertz CT molecular complexity index is 471. The van der Waals surface area contributed by atoms with Crippen LogP contribution in [0.5, 0.6) is 5.75 Å². The summed E-state index contributed by atoms with van der Waals surface area (Å²) >= 11 is 5.69. The molecule has 1 aromatic rings. The van der Waals surface area contributed by atoms with Crippen molar-refractivity contribution in [3.8, 4) is 5.75 Å². The smallest absolute Gasteiger partial charge is 0.328 e. The minimum absolute atomic E-state index is 0.0631. The van der Waals surface area contributed by atoms with Crippen LogP contribution in [0.2, 0.25) is 5.02 Å². The first-order valence-electron chi connectivity index (χ1n) is 4.78. The lowest BCUT2D eigenvalue weighted by molar-refractivity contribution is -0.143. The number of phenols is 1. The molecule has 0 bridgehead atoms. The van der Waals surface area contributed by atoms with Crippen LogP contribution in [0.15, 0.2) is 18.2 Å². The van der Waals surface area contributed by atoms with Gasteiger partial charge in [-0.25, -0.2) is 4.79 Å². The summed E-state index contributed by atoms with van der Waals surface area (Å²) in [6.45, 7) is 2.68. The van der Waals surface area contributed by atoms with Crippen LogP contribution in [0, 0.1) is 0 Å². The fourth-order valence-corrected chi connectivity index (χ4v) is 1.27. The molecule has 0 spiro atoms. The second kappa shape index (κ2) is 4.63. The zero-order valence-electron chi connectivity index (χ0n) is 9.32. The Kier molecular flexibility index (Phi) is 3.63. The third-order valence-corrected chi connectivity index (χ3v) is 2.40. The molecule has 3 N–H and O–H groups in total. The summed E-state index contributed by atoms with van der Waals surface area (Å²) in [5.74, 6) is -2.13. The number of rotatable bonds is 3. The number of benzene rings is 1. The molecule has 1 rings (SSSR count). The van der Waals surface area contributed by atoms with Crippen molar-refractivity contribution >= 4 is 23.5 Å². The second-order valence-corrected chi connectivity index (χ2v) is 4.48. The fraction of sp³-hybridized carbons (Fsp3) is 0.273. The molecule has 0 saturated carbocycles. The topological polar surface area (TPSA) is 86.6 Å². The minimum atomic E-state index is -1.42. The fourth-order valence-electron chi connectivity index (χ4n) is 1.09. The quantitative estimate of drug-likeness (QED) is 0.768. The van der Waals surface area contributed by atoms with Gasteiger partial charge >= 0.3 is 5.97 Å². The van der Waals surface area contributed by atoms with Crippen molar-refractivity contribution in [1.29, 1.82) is 0 Å². The molecule has 6 heteroatoms. The summed E-state index contributed by atoms with van der Waals surface area (Å²) in [5.41, 5.74) is -1.49. The van der Waals surface area contributed by atoms with Crippen molar-refractivity contribution in [3.63, 3.8) is 0 Å². The van der Waals surface area contributed by atoms with Gasteiger partial charge in [0.15, 0.2) is 0 Å². The summed E-state index contributed by atoms with van der Waals surface area (Å²) < 4.78 is 0. The van der Waals surface area contributed by atoms with Gasteiger partial charge in [0.25, 0.3) is 5.91 Å². The first kappa shape index (κ1) is 13.3. The van der Waals surface area contributed by atoms with Crippen LogP contribution in [0.4, 0.5) is 0 Å². The number of carbonyl (C=O) groups is 2. The molecule has 0 aromatic heterocycles. The highest BCUT2D eigenvalue weighted by atomic mass is 35.5. The number of halogens is 1. The van der Waals surface area contributed by atoms with Crippen molar-refractivity contribution in [1.82, 2.24) is 5.32 Å². The summed E-state index contributed by atoms with van der Waals surface area (Å²) in [6.07, 6.45) is 0. The molecular formula is C11H12ClNO4. The number of carbonyl (C=O) groups excluding carboxylic acids is 1. The lowest BCUT2D eigenvalue weighted by Gasteiger charge is -2.21. The van der Waals surface area contributed by atoms with Gasteiger partial charge in [-0.1, -0.05) is 11.6 Å². The zero-order valence-corrected chi connectivity index (χ0v) is 10.1. The highest BCUT2D eigenvalue weighted by Crippen LogP contribution is 2.21. The van der Waals surface area contributed by atoms with Gasteiger partial charge in [0.2, 0.25) is 0 Å². The van der Waals surface area contributed by atoms with Crippen molar-refractivity contribution in [3.05, 3.63) is 28.8 Å². The Hall–Kier alpha value is -1.75. The molecule has 5 nitrogen and oxygen atoms in total. The number of aromatic hydroxyl groups is 1. The molecule has 0 fully saturated rings. The highest BCUT2D eigenvalue weighted by Gasteiger charge is 2.30. The molecule has 0 radical (unpaired) electrons. The number of carboxylic acids is 1. The third-order valence-electron chi connectivity index (χ3n) is 2.16. The SMILES string of the molecule is CC(C)(NC(=O)c1cc(Cl)ccc1O)C(=O)O. The van der Waals surface area contributed by atoms with Gasteiger partial charge in [-0.15, -0.1) is 0 Å².